The second-order valence-electron chi connectivity index (χ2n) is 9.10. The molecule has 10 heteroatoms. The van der Waals surface area contributed by atoms with E-state index in [4.69, 9.17) is 0 Å². The van der Waals surface area contributed by atoms with Gasteiger partial charge in [0.15, 0.2) is 0 Å². The SMILES string of the molecule is C[C@@H]1CCN(c2ccc(C(F)(F)F)cn2)CCN1C(=O)C1C(c2ccccc2F)=NN2C=CC=CC12. The fourth-order valence-electron chi connectivity index (χ4n) is 4.90. The van der Waals surface area contributed by atoms with Gasteiger partial charge in [-0.3, -0.25) is 9.80 Å². The van der Waals surface area contributed by atoms with Crippen molar-refractivity contribution < 1.29 is 22.4 Å². The number of aromatic nitrogens is 1. The molecule has 2 unspecified atom stereocenters. The number of anilines is 1. The molecule has 0 aliphatic carbocycles. The van der Waals surface area contributed by atoms with Gasteiger partial charge in [-0.15, -0.1) is 0 Å². The molecule has 1 amide bonds. The van der Waals surface area contributed by atoms with Crippen molar-refractivity contribution >= 4 is 17.4 Å². The highest BCUT2D eigenvalue weighted by atomic mass is 19.4. The van der Waals surface area contributed by atoms with E-state index in [1.165, 1.54) is 12.1 Å². The Morgan fingerprint density at radius 2 is 1.86 bits per heavy atom. The lowest BCUT2D eigenvalue weighted by Crippen LogP contribution is -2.48. The number of halogens is 4. The fraction of sp³-hybridized carbons (Fsp3) is 0.346. The number of fused-ring (bicyclic) bond motifs is 1. The molecular formula is C26H25F4N5O. The molecule has 0 spiro atoms. The number of pyridine rings is 1. The number of carbonyl (C=O) groups is 1. The molecule has 5 rings (SSSR count). The molecule has 1 fully saturated rings. The molecule has 0 bridgehead atoms. The van der Waals surface area contributed by atoms with Crippen LogP contribution in [0.4, 0.5) is 23.4 Å². The number of carbonyl (C=O) groups excluding carboxylic acids is 1. The quantitative estimate of drug-likeness (QED) is 0.586. The summed E-state index contributed by atoms with van der Waals surface area (Å²) in [5, 5.41) is 6.28. The molecule has 0 N–H and O–H groups in total. The Labute approximate surface area is 206 Å². The van der Waals surface area contributed by atoms with Gasteiger partial charge in [-0.2, -0.15) is 18.3 Å². The van der Waals surface area contributed by atoms with Crippen LogP contribution in [0.5, 0.6) is 0 Å². The normalized spacial score (nSPS) is 24.0. The lowest BCUT2D eigenvalue weighted by atomic mass is 9.88. The number of alkyl halides is 3. The number of hydrogen-bond donors (Lipinski definition) is 0. The largest absolute Gasteiger partial charge is 0.417 e. The first-order valence-corrected chi connectivity index (χ1v) is 11.8. The van der Waals surface area contributed by atoms with E-state index in [1.54, 1.807) is 34.3 Å². The number of hydrogen-bond acceptors (Lipinski definition) is 5. The summed E-state index contributed by atoms with van der Waals surface area (Å²) >= 11 is 0. The van der Waals surface area contributed by atoms with Crippen LogP contribution in [0.1, 0.15) is 24.5 Å². The summed E-state index contributed by atoms with van der Waals surface area (Å²) in [5.41, 5.74) is -0.117. The Balaban J connectivity index is 1.38. The molecule has 1 aromatic carbocycles. The van der Waals surface area contributed by atoms with Crippen molar-refractivity contribution in [2.24, 2.45) is 11.0 Å². The van der Waals surface area contributed by atoms with E-state index in [-0.39, 0.29) is 18.0 Å². The predicted octanol–water partition coefficient (Wildman–Crippen LogP) is 4.45. The highest BCUT2D eigenvalue weighted by Crippen LogP contribution is 2.33. The van der Waals surface area contributed by atoms with Crippen LogP contribution in [0.3, 0.4) is 0 Å². The topological polar surface area (TPSA) is 52.0 Å². The van der Waals surface area contributed by atoms with Crippen molar-refractivity contribution in [3.63, 3.8) is 0 Å². The minimum atomic E-state index is -4.45. The monoisotopic (exact) mass is 499 g/mol. The fourth-order valence-corrected chi connectivity index (χ4v) is 4.90. The zero-order valence-electron chi connectivity index (χ0n) is 19.6. The lowest BCUT2D eigenvalue weighted by Gasteiger charge is -2.32. The van der Waals surface area contributed by atoms with Crippen molar-refractivity contribution in [2.75, 3.05) is 24.5 Å². The minimum Gasteiger partial charge on any atom is -0.355 e. The van der Waals surface area contributed by atoms with Crippen LogP contribution in [-0.4, -0.2) is 58.2 Å². The Hall–Kier alpha value is -3.69. The minimum absolute atomic E-state index is 0.129. The van der Waals surface area contributed by atoms with Crippen molar-refractivity contribution in [3.8, 4) is 0 Å². The van der Waals surface area contributed by atoms with E-state index in [2.05, 4.69) is 10.1 Å². The van der Waals surface area contributed by atoms with Crippen molar-refractivity contribution in [1.29, 1.82) is 0 Å². The van der Waals surface area contributed by atoms with Gasteiger partial charge in [0.25, 0.3) is 0 Å². The molecule has 3 aliphatic rings. The first-order valence-electron chi connectivity index (χ1n) is 11.8. The molecule has 0 saturated carbocycles. The van der Waals surface area contributed by atoms with Crippen LogP contribution < -0.4 is 4.90 Å². The van der Waals surface area contributed by atoms with Gasteiger partial charge in [-0.05, 0) is 37.6 Å². The Morgan fingerprint density at radius 3 is 2.58 bits per heavy atom. The molecule has 2 aromatic rings. The number of allylic oxidation sites excluding steroid dienone is 2. The van der Waals surface area contributed by atoms with E-state index in [1.807, 2.05) is 30.1 Å². The molecule has 0 radical (unpaired) electrons. The van der Waals surface area contributed by atoms with Crippen LogP contribution in [0.25, 0.3) is 0 Å². The number of rotatable bonds is 3. The van der Waals surface area contributed by atoms with Gasteiger partial charge in [-0.25, -0.2) is 9.37 Å². The summed E-state index contributed by atoms with van der Waals surface area (Å²) in [7, 11) is 0. The summed E-state index contributed by atoms with van der Waals surface area (Å²) < 4.78 is 53.5. The third-order valence-electron chi connectivity index (χ3n) is 6.88. The number of nitrogens with zero attached hydrogens (tertiary/aromatic N) is 5. The van der Waals surface area contributed by atoms with E-state index in [9.17, 15) is 22.4 Å². The molecule has 188 valence electrons. The van der Waals surface area contributed by atoms with E-state index in [0.717, 1.165) is 12.3 Å². The highest BCUT2D eigenvalue weighted by Gasteiger charge is 2.45. The Kier molecular flexibility index (Phi) is 6.27. The zero-order valence-corrected chi connectivity index (χ0v) is 19.6. The lowest BCUT2D eigenvalue weighted by molar-refractivity contribution is -0.138. The zero-order chi connectivity index (χ0) is 25.4. The second kappa shape index (κ2) is 9.40. The smallest absolute Gasteiger partial charge is 0.355 e. The maximum Gasteiger partial charge on any atom is 0.417 e. The molecule has 1 aromatic heterocycles. The molecule has 6 nitrogen and oxygen atoms in total. The van der Waals surface area contributed by atoms with Crippen molar-refractivity contribution in [3.05, 3.63) is 84.0 Å². The first kappa shape index (κ1) is 24.0. The van der Waals surface area contributed by atoms with Gasteiger partial charge < -0.3 is 9.80 Å². The summed E-state index contributed by atoms with van der Waals surface area (Å²) in [5.74, 6) is -0.851. The van der Waals surface area contributed by atoms with Crippen LogP contribution in [0, 0.1) is 11.7 Å². The van der Waals surface area contributed by atoms with Crippen molar-refractivity contribution in [2.45, 2.75) is 31.6 Å². The van der Waals surface area contributed by atoms with Gasteiger partial charge >= 0.3 is 6.18 Å². The molecule has 3 atom stereocenters. The van der Waals surface area contributed by atoms with Crippen molar-refractivity contribution in [1.82, 2.24) is 14.9 Å². The number of benzene rings is 1. The maximum atomic E-state index is 14.7. The molecule has 36 heavy (non-hydrogen) atoms. The van der Waals surface area contributed by atoms with Crippen LogP contribution >= 0.6 is 0 Å². The molecule has 3 aliphatic heterocycles. The third kappa shape index (κ3) is 4.47. The van der Waals surface area contributed by atoms with Gasteiger partial charge in [0.2, 0.25) is 5.91 Å². The maximum absolute atomic E-state index is 14.7. The average Bonchev–Trinajstić information content (AvgIpc) is 3.13. The summed E-state index contributed by atoms with van der Waals surface area (Å²) in [6.07, 6.45) is 4.32. The number of hydrazone groups is 1. The van der Waals surface area contributed by atoms with Crippen LogP contribution in [-0.2, 0) is 11.0 Å². The summed E-state index contributed by atoms with van der Waals surface area (Å²) in [6, 6.07) is 8.19. The Morgan fingerprint density at radius 1 is 1.06 bits per heavy atom. The molecule has 4 heterocycles. The third-order valence-corrected chi connectivity index (χ3v) is 6.88. The van der Waals surface area contributed by atoms with Gasteiger partial charge in [0.05, 0.1) is 17.3 Å². The second-order valence-corrected chi connectivity index (χ2v) is 9.10. The summed E-state index contributed by atoms with van der Waals surface area (Å²) in [4.78, 5) is 21.7. The standard InChI is InChI=1S/C26H25F4N5O/c1-17-11-13-33(22-10-9-18(16-31-22)26(28,29)30)14-15-34(17)25(36)23-21-8-4-5-12-35(21)32-24(23)19-6-2-3-7-20(19)27/h2-10,12,16-17,21,23H,11,13-15H2,1H3/t17-,21?,23?/m1/s1. The summed E-state index contributed by atoms with van der Waals surface area (Å²) in [6.45, 7) is 3.26. The van der Waals surface area contributed by atoms with Gasteiger partial charge in [0.1, 0.15) is 17.6 Å². The average molecular weight is 500 g/mol. The van der Waals surface area contributed by atoms with Crippen LogP contribution in [0.2, 0.25) is 0 Å². The Bertz CT molecular complexity index is 1220. The van der Waals surface area contributed by atoms with Gasteiger partial charge in [-0.1, -0.05) is 30.4 Å². The van der Waals surface area contributed by atoms with E-state index < -0.39 is 23.5 Å². The predicted molar refractivity (Wildman–Crippen MR) is 128 cm³/mol. The van der Waals surface area contributed by atoms with E-state index in [0.29, 0.717) is 43.1 Å². The van der Waals surface area contributed by atoms with Gasteiger partial charge in [0, 0.05) is 43.6 Å². The molecule has 1 saturated heterocycles. The van der Waals surface area contributed by atoms with E-state index >= 15 is 0 Å². The van der Waals surface area contributed by atoms with Crippen LogP contribution in [0.15, 0.2) is 72.1 Å². The first-order chi connectivity index (χ1) is 17.2. The number of amides is 1. The molecular weight excluding hydrogens is 474 g/mol. The highest BCUT2D eigenvalue weighted by molar-refractivity contribution is 6.15.